The first-order chi connectivity index (χ1) is 15.2. The molecule has 166 valence electrons. The maximum atomic E-state index is 12.6. The van der Waals surface area contributed by atoms with Crippen LogP contribution >= 0.6 is 23.4 Å². The van der Waals surface area contributed by atoms with Gasteiger partial charge in [-0.1, -0.05) is 17.7 Å². The van der Waals surface area contributed by atoms with E-state index in [2.05, 4.69) is 5.32 Å². The van der Waals surface area contributed by atoms with E-state index in [1.807, 2.05) is 0 Å². The molecule has 0 bridgehead atoms. The summed E-state index contributed by atoms with van der Waals surface area (Å²) in [6.07, 6.45) is 1.35. The summed E-state index contributed by atoms with van der Waals surface area (Å²) in [6, 6.07) is 8.73. The Morgan fingerprint density at radius 3 is 2.50 bits per heavy atom. The molecule has 32 heavy (non-hydrogen) atoms. The van der Waals surface area contributed by atoms with Gasteiger partial charge in [-0.2, -0.15) is 0 Å². The van der Waals surface area contributed by atoms with Crippen LogP contribution in [0, 0.1) is 10.1 Å². The minimum atomic E-state index is -0.679. The second-order valence-corrected chi connectivity index (χ2v) is 7.75. The fourth-order valence-corrected chi connectivity index (χ4v) is 3.91. The molecule has 0 saturated carbocycles. The van der Waals surface area contributed by atoms with E-state index in [0.29, 0.717) is 28.8 Å². The number of carbonyl (C=O) groups excluding carboxylic acids is 3. The first-order valence-corrected chi connectivity index (χ1v) is 10.1. The fourth-order valence-electron chi connectivity index (χ4n) is 2.82. The summed E-state index contributed by atoms with van der Waals surface area (Å²) in [5, 5.41) is 13.4. The van der Waals surface area contributed by atoms with Gasteiger partial charge in [-0.05, 0) is 47.7 Å². The molecular formula is C20H16ClN3O7S. The average molecular weight is 478 g/mol. The van der Waals surface area contributed by atoms with Crippen molar-refractivity contribution in [3.8, 4) is 11.5 Å². The lowest BCUT2D eigenvalue weighted by Gasteiger charge is -2.13. The molecule has 0 aromatic heterocycles. The van der Waals surface area contributed by atoms with Gasteiger partial charge in [-0.25, -0.2) is 0 Å². The lowest BCUT2D eigenvalue weighted by atomic mass is 10.1. The largest absolute Gasteiger partial charge is 0.495 e. The number of thioether (sulfide) groups is 1. The van der Waals surface area contributed by atoms with Crippen molar-refractivity contribution < 1.29 is 28.8 Å². The molecule has 3 rings (SSSR count). The van der Waals surface area contributed by atoms with Gasteiger partial charge >= 0.3 is 5.69 Å². The average Bonchev–Trinajstić information content (AvgIpc) is 3.01. The molecule has 1 heterocycles. The van der Waals surface area contributed by atoms with Crippen LogP contribution in [0.4, 0.5) is 16.2 Å². The highest BCUT2D eigenvalue weighted by Crippen LogP contribution is 2.34. The number of nitrogens with zero attached hydrogens (tertiary/aromatic N) is 2. The summed E-state index contributed by atoms with van der Waals surface area (Å²) >= 11 is 6.66. The molecule has 0 spiro atoms. The minimum Gasteiger partial charge on any atom is -0.495 e. The van der Waals surface area contributed by atoms with Gasteiger partial charge in [0.1, 0.15) is 12.3 Å². The van der Waals surface area contributed by atoms with Crippen LogP contribution in [0.3, 0.4) is 0 Å². The van der Waals surface area contributed by atoms with Crippen LogP contribution in [0.2, 0.25) is 5.02 Å². The Morgan fingerprint density at radius 1 is 1.19 bits per heavy atom. The van der Waals surface area contributed by atoms with Gasteiger partial charge in [0.2, 0.25) is 5.91 Å². The normalized spacial score (nSPS) is 14.6. The Morgan fingerprint density at radius 2 is 1.88 bits per heavy atom. The zero-order valence-electron chi connectivity index (χ0n) is 16.8. The topological polar surface area (TPSA) is 128 Å². The third-order valence-corrected chi connectivity index (χ3v) is 5.51. The molecule has 0 unspecified atom stereocenters. The van der Waals surface area contributed by atoms with E-state index in [-0.39, 0.29) is 21.4 Å². The number of nitro groups is 1. The molecule has 12 heteroatoms. The molecule has 0 atom stereocenters. The minimum absolute atomic E-state index is 0.0368. The van der Waals surface area contributed by atoms with E-state index in [0.717, 1.165) is 4.90 Å². The maximum Gasteiger partial charge on any atom is 0.311 e. The first-order valence-electron chi connectivity index (χ1n) is 8.94. The third-order valence-electron chi connectivity index (χ3n) is 4.31. The molecule has 1 aliphatic heterocycles. The zero-order valence-corrected chi connectivity index (χ0v) is 18.4. The number of nitrogens with one attached hydrogen (secondary N) is 1. The summed E-state index contributed by atoms with van der Waals surface area (Å²) in [5.74, 6) is -0.786. The number of benzene rings is 2. The number of rotatable bonds is 7. The van der Waals surface area contributed by atoms with E-state index in [4.69, 9.17) is 21.1 Å². The molecule has 3 amide bonds. The van der Waals surface area contributed by atoms with Crippen molar-refractivity contribution in [2.45, 2.75) is 0 Å². The first kappa shape index (κ1) is 23.1. The Bertz CT molecular complexity index is 1150. The molecule has 1 saturated heterocycles. The van der Waals surface area contributed by atoms with Crippen molar-refractivity contribution in [2.24, 2.45) is 0 Å². The molecule has 1 N–H and O–H groups in total. The van der Waals surface area contributed by atoms with Gasteiger partial charge in [-0.15, -0.1) is 0 Å². The Labute approximate surface area is 191 Å². The predicted octanol–water partition coefficient (Wildman–Crippen LogP) is 3.94. The number of amides is 3. The van der Waals surface area contributed by atoms with Crippen molar-refractivity contribution >= 4 is 57.9 Å². The second-order valence-electron chi connectivity index (χ2n) is 6.35. The van der Waals surface area contributed by atoms with Crippen molar-refractivity contribution in [1.82, 2.24) is 4.90 Å². The molecule has 2 aromatic rings. The van der Waals surface area contributed by atoms with Crippen molar-refractivity contribution in [3.63, 3.8) is 0 Å². The number of ether oxygens (including phenoxy) is 2. The molecule has 1 fully saturated rings. The number of nitro benzene ring substituents is 1. The van der Waals surface area contributed by atoms with Crippen LogP contribution in [0.1, 0.15) is 5.56 Å². The summed E-state index contributed by atoms with van der Waals surface area (Å²) in [7, 11) is 2.76. The number of hydrogen-bond acceptors (Lipinski definition) is 8. The van der Waals surface area contributed by atoms with Crippen molar-refractivity contribution in [3.05, 3.63) is 62.0 Å². The number of anilines is 1. The van der Waals surface area contributed by atoms with Crippen LogP contribution in [-0.2, 0) is 9.59 Å². The van der Waals surface area contributed by atoms with Crippen molar-refractivity contribution in [1.29, 1.82) is 0 Å². The number of hydrogen-bond donors (Lipinski definition) is 1. The highest BCUT2D eigenvalue weighted by molar-refractivity contribution is 8.18. The van der Waals surface area contributed by atoms with Gasteiger partial charge in [-0.3, -0.25) is 29.4 Å². The number of methoxy groups -OCH3 is 2. The highest BCUT2D eigenvalue weighted by atomic mass is 35.5. The number of carbonyl (C=O) groups is 3. The Balaban J connectivity index is 1.73. The van der Waals surface area contributed by atoms with E-state index in [1.165, 1.54) is 44.6 Å². The van der Waals surface area contributed by atoms with Crippen LogP contribution in [-0.4, -0.2) is 47.6 Å². The van der Waals surface area contributed by atoms with Crippen LogP contribution in [0.15, 0.2) is 41.3 Å². The molecule has 1 aliphatic rings. The molecule has 0 aliphatic carbocycles. The van der Waals surface area contributed by atoms with Gasteiger partial charge in [0.15, 0.2) is 5.75 Å². The zero-order chi connectivity index (χ0) is 23.4. The summed E-state index contributed by atoms with van der Waals surface area (Å²) in [6.45, 7) is -0.506. The van der Waals surface area contributed by atoms with Crippen LogP contribution < -0.4 is 14.8 Å². The summed E-state index contributed by atoms with van der Waals surface area (Å²) in [4.78, 5) is 48.6. The summed E-state index contributed by atoms with van der Waals surface area (Å²) in [5.41, 5.74) is 0.423. The van der Waals surface area contributed by atoms with Crippen LogP contribution in [0.5, 0.6) is 11.5 Å². The van der Waals surface area contributed by atoms with Gasteiger partial charge in [0, 0.05) is 11.8 Å². The Kier molecular flexibility index (Phi) is 7.01. The van der Waals surface area contributed by atoms with E-state index < -0.39 is 28.5 Å². The lowest BCUT2D eigenvalue weighted by Crippen LogP contribution is -2.36. The third kappa shape index (κ3) is 5.01. The predicted molar refractivity (Wildman–Crippen MR) is 119 cm³/mol. The van der Waals surface area contributed by atoms with Crippen LogP contribution in [0.25, 0.3) is 6.08 Å². The van der Waals surface area contributed by atoms with E-state index in [9.17, 15) is 24.5 Å². The molecule has 2 aromatic carbocycles. The fraction of sp³-hybridized carbons (Fsp3) is 0.150. The molecular weight excluding hydrogens is 462 g/mol. The van der Waals surface area contributed by atoms with E-state index in [1.54, 1.807) is 12.1 Å². The van der Waals surface area contributed by atoms with Gasteiger partial charge in [0.05, 0.1) is 29.1 Å². The number of halogens is 1. The Hall–Kier alpha value is -3.57. The highest BCUT2D eigenvalue weighted by Gasteiger charge is 2.36. The maximum absolute atomic E-state index is 12.6. The smallest absolute Gasteiger partial charge is 0.311 e. The number of imide groups is 1. The quantitative estimate of drug-likeness (QED) is 0.360. The SMILES string of the molecule is COc1ccc(NC(=O)CN2C(=O)SC(=Cc3ccc(OC)c([N+](=O)[O-])c3)C2=O)cc1Cl. The lowest BCUT2D eigenvalue weighted by molar-refractivity contribution is -0.385. The molecule has 10 nitrogen and oxygen atoms in total. The van der Waals surface area contributed by atoms with E-state index >= 15 is 0 Å². The van der Waals surface area contributed by atoms with Crippen molar-refractivity contribution in [2.75, 3.05) is 26.1 Å². The van der Waals surface area contributed by atoms with Gasteiger partial charge < -0.3 is 14.8 Å². The monoisotopic (exact) mass is 477 g/mol. The summed E-state index contributed by atoms with van der Waals surface area (Å²) < 4.78 is 9.98. The van der Waals surface area contributed by atoms with Gasteiger partial charge in [0.25, 0.3) is 11.1 Å². The second kappa shape index (κ2) is 9.71. The molecule has 0 radical (unpaired) electrons. The standard InChI is InChI=1S/C20H16ClN3O7S/c1-30-15-6-4-12(9-13(15)21)22-18(25)10-23-19(26)17(32-20(23)27)8-11-3-5-16(31-2)14(7-11)24(28)29/h3-9H,10H2,1-2H3,(H,22,25).